The van der Waals surface area contributed by atoms with Gasteiger partial charge in [0.15, 0.2) is 0 Å². The van der Waals surface area contributed by atoms with Crippen LogP contribution in [0.2, 0.25) is 0 Å². The molecule has 1 atom stereocenters. The summed E-state index contributed by atoms with van der Waals surface area (Å²) >= 11 is 1.35. The smallest absolute Gasteiger partial charge is 0.328 e. The minimum Gasteiger partial charge on any atom is -0.467 e. The normalized spacial score (nSPS) is 11.8. The average molecular weight is 280 g/mol. The molecule has 0 bridgehead atoms. The molecule has 1 heterocycles. The average Bonchev–Trinajstić information content (AvgIpc) is 2.42. The molecule has 0 spiro atoms. The van der Waals surface area contributed by atoms with Gasteiger partial charge in [-0.15, -0.1) is 11.8 Å². The fraction of sp³-hybridized carbons (Fsp3) is 0.500. The molecule has 1 aromatic rings. The van der Waals surface area contributed by atoms with E-state index in [1.165, 1.54) is 25.2 Å². The lowest BCUT2D eigenvalue weighted by Crippen LogP contribution is -2.36. The minimum absolute atomic E-state index is 0.00619. The van der Waals surface area contributed by atoms with Crippen LogP contribution in [0.25, 0.3) is 0 Å². The first-order chi connectivity index (χ1) is 9.04. The Hall–Kier alpha value is -1.81. The molecular formula is C12H16N4O2S. The summed E-state index contributed by atoms with van der Waals surface area (Å²) in [7, 11) is 1.33. The molecule has 7 heteroatoms. The Labute approximate surface area is 116 Å². The highest BCUT2D eigenvalue weighted by atomic mass is 32.2. The predicted octanol–water partition coefficient (Wildman–Crippen LogP) is 1.68. The van der Waals surface area contributed by atoms with Gasteiger partial charge in [0.05, 0.1) is 7.11 Å². The summed E-state index contributed by atoms with van der Waals surface area (Å²) in [5.41, 5.74) is 0.338. The highest BCUT2D eigenvalue weighted by Crippen LogP contribution is 2.23. The molecular weight excluding hydrogens is 264 g/mol. The summed E-state index contributed by atoms with van der Waals surface area (Å²) in [6.07, 6.45) is 3.19. The molecule has 1 N–H and O–H groups in total. The minimum atomic E-state index is -0.554. The van der Waals surface area contributed by atoms with Gasteiger partial charge in [-0.05, 0) is 12.2 Å². The number of esters is 1. The maximum Gasteiger partial charge on any atom is 0.328 e. The molecule has 0 amide bonds. The van der Waals surface area contributed by atoms with Gasteiger partial charge < -0.3 is 10.1 Å². The van der Waals surface area contributed by atoms with E-state index in [4.69, 9.17) is 4.74 Å². The first-order valence-corrected chi connectivity index (χ1v) is 6.91. The number of hydrogen-bond acceptors (Lipinski definition) is 7. The quantitative estimate of drug-likeness (QED) is 0.498. The maximum absolute atomic E-state index is 11.7. The lowest BCUT2D eigenvalue weighted by atomic mass is 10.0. The third-order valence-electron chi connectivity index (χ3n) is 2.53. The number of rotatable bonds is 5. The summed E-state index contributed by atoms with van der Waals surface area (Å²) < 4.78 is 4.74. The second-order valence-corrected chi connectivity index (χ2v) is 4.90. The van der Waals surface area contributed by atoms with E-state index >= 15 is 0 Å². The summed E-state index contributed by atoms with van der Waals surface area (Å²) in [6, 6.07) is 1.50. The van der Waals surface area contributed by atoms with E-state index in [2.05, 4.69) is 21.4 Å². The van der Waals surface area contributed by atoms with Crippen LogP contribution in [0.3, 0.4) is 0 Å². The van der Waals surface area contributed by atoms with Gasteiger partial charge in [-0.3, -0.25) is 0 Å². The Bertz CT molecular complexity index is 499. The summed E-state index contributed by atoms with van der Waals surface area (Å²) in [4.78, 5) is 19.7. The molecule has 6 nitrogen and oxygen atoms in total. The van der Waals surface area contributed by atoms with Crippen LogP contribution in [0.1, 0.15) is 19.4 Å². The Morgan fingerprint density at radius 2 is 2.21 bits per heavy atom. The summed E-state index contributed by atoms with van der Waals surface area (Å²) in [5, 5.41) is 12.7. The van der Waals surface area contributed by atoms with E-state index in [-0.39, 0.29) is 11.9 Å². The van der Waals surface area contributed by atoms with Gasteiger partial charge in [0.2, 0.25) is 0 Å². The zero-order chi connectivity index (χ0) is 14.4. The number of methoxy groups -OCH3 is 1. The van der Waals surface area contributed by atoms with Crippen molar-refractivity contribution >= 4 is 23.5 Å². The molecule has 0 radical (unpaired) electrons. The molecule has 1 rings (SSSR count). The number of nitriles is 1. The number of nitrogens with zero attached hydrogens (tertiary/aromatic N) is 3. The Kier molecular flexibility index (Phi) is 5.57. The van der Waals surface area contributed by atoms with Gasteiger partial charge in [0, 0.05) is 0 Å². The van der Waals surface area contributed by atoms with Gasteiger partial charge in [-0.25, -0.2) is 14.8 Å². The molecule has 0 aliphatic carbocycles. The van der Waals surface area contributed by atoms with E-state index < -0.39 is 6.04 Å². The summed E-state index contributed by atoms with van der Waals surface area (Å²) in [5.74, 6) is -0.0270. The van der Waals surface area contributed by atoms with E-state index in [0.29, 0.717) is 16.4 Å². The Morgan fingerprint density at radius 1 is 1.53 bits per heavy atom. The van der Waals surface area contributed by atoms with Crippen LogP contribution in [0.15, 0.2) is 11.4 Å². The molecule has 0 saturated carbocycles. The van der Waals surface area contributed by atoms with Crippen molar-refractivity contribution in [2.45, 2.75) is 24.9 Å². The van der Waals surface area contributed by atoms with E-state index in [1.54, 1.807) is 0 Å². The second kappa shape index (κ2) is 6.95. The predicted molar refractivity (Wildman–Crippen MR) is 72.8 cm³/mol. The molecule has 0 fully saturated rings. The number of ether oxygens (including phenoxy) is 1. The van der Waals surface area contributed by atoms with Crippen LogP contribution >= 0.6 is 11.8 Å². The highest BCUT2D eigenvalue weighted by Gasteiger charge is 2.25. The van der Waals surface area contributed by atoms with Crippen LogP contribution in [0.5, 0.6) is 0 Å². The number of anilines is 1. The van der Waals surface area contributed by atoms with E-state index in [1.807, 2.05) is 20.1 Å². The number of carbonyl (C=O) groups is 1. The molecule has 1 unspecified atom stereocenters. The molecule has 0 aromatic carbocycles. The Morgan fingerprint density at radius 3 is 2.68 bits per heavy atom. The monoisotopic (exact) mass is 280 g/mol. The first-order valence-electron chi connectivity index (χ1n) is 5.68. The standard InChI is InChI=1S/C12H16N4O2S/c1-7(2)9(12(17)18-3)16-10-8(5-13)11(19-4)15-6-14-10/h6-7,9H,1-4H3,(H,14,15,16). The second-order valence-electron chi connectivity index (χ2n) is 4.11. The number of carbonyl (C=O) groups excluding carboxylic acids is 1. The van der Waals surface area contributed by atoms with Crippen molar-refractivity contribution in [1.82, 2.24) is 9.97 Å². The van der Waals surface area contributed by atoms with Crippen molar-refractivity contribution in [1.29, 1.82) is 5.26 Å². The van der Waals surface area contributed by atoms with Gasteiger partial charge >= 0.3 is 5.97 Å². The van der Waals surface area contributed by atoms with Crippen molar-refractivity contribution in [3.8, 4) is 6.07 Å². The van der Waals surface area contributed by atoms with Crippen LogP contribution in [-0.4, -0.2) is 35.3 Å². The first kappa shape index (κ1) is 15.2. The van der Waals surface area contributed by atoms with E-state index in [0.717, 1.165) is 0 Å². The van der Waals surface area contributed by atoms with Crippen molar-refractivity contribution < 1.29 is 9.53 Å². The molecule has 102 valence electrons. The van der Waals surface area contributed by atoms with Crippen molar-refractivity contribution in [3.63, 3.8) is 0 Å². The lowest BCUT2D eigenvalue weighted by molar-refractivity contribution is -0.142. The Balaban J connectivity index is 3.10. The lowest BCUT2D eigenvalue weighted by Gasteiger charge is -2.21. The van der Waals surface area contributed by atoms with Gasteiger partial charge in [-0.1, -0.05) is 13.8 Å². The third kappa shape index (κ3) is 3.58. The SMILES string of the molecule is COC(=O)C(Nc1ncnc(SC)c1C#N)C(C)C. The molecule has 19 heavy (non-hydrogen) atoms. The van der Waals surface area contributed by atoms with E-state index in [9.17, 15) is 10.1 Å². The fourth-order valence-corrected chi connectivity index (χ4v) is 2.01. The number of thioether (sulfide) groups is 1. The summed E-state index contributed by atoms with van der Waals surface area (Å²) in [6.45, 7) is 3.77. The van der Waals surface area contributed by atoms with Gasteiger partial charge in [0.1, 0.15) is 34.8 Å². The molecule has 0 aliphatic heterocycles. The van der Waals surface area contributed by atoms with Gasteiger partial charge in [0.25, 0.3) is 0 Å². The van der Waals surface area contributed by atoms with Crippen LogP contribution in [0.4, 0.5) is 5.82 Å². The van der Waals surface area contributed by atoms with Crippen molar-refractivity contribution in [2.24, 2.45) is 5.92 Å². The van der Waals surface area contributed by atoms with Crippen molar-refractivity contribution in [3.05, 3.63) is 11.9 Å². The topological polar surface area (TPSA) is 87.9 Å². The number of hydrogen-bond donors (Lipinski definition) is 1. The zero-order valence-electron chi connectivity index (χ0n) is 11.3. The molecule has 1 aromatic heterocycles. The van der Waals surface area contributed by atoms with Crippen molar-refractivity contribution in [2.75, 3.05) is 18.7 Å². The molecule has 0 saturated heterocycles. The zero-order valence-corrected chi connectivity index (χ0v) is 12.1. The largest absolute Gasteiger partial charge is 0.467 e. The number of nitrogens with one attached hydrogen (secondary N) is 1. The van der Waals surface area contributed by atoms with Crippen LogP contribution < -0.4 is 5.32 Å². The van der Waals surface area contributed by atoms with Crippen LogP contribution in [0, 0.1) is 17.2 Å². The maximum atomic E-state index is 11.7. The fourth-order valence-electron chi connectivity index (χ4n) is 1.51. The third-order valence-corrected chi connectivity index (χ3v) is 3.23. The number of aromatic nitrogens is 2. The van der Waals surface area contributed by atoms with Gasteiger partial charge in [-0.2, -0.15) is 5.26 Å². The molecule has 0 aliphatic rings. The van der Waals surface area contributed by atoms with Crippen LogP contribution in [-0.2, 0) is 9.53 Å². The highest BCUT2D eigenvalue weighted by molar-refractivity contribution is 7.98.